The van der Waals surface area contributed by atoms with Crippen molar-refractivity contribution in [3.8, 4) is 0 Å². The predicted molar refractivity (Wildman–Crippen MR) is 143 cm³/mol. The van der Waals surface area contributed by atoms with Crippen LogP contribution in [0.3, 0.4) is 0 Å². The molecule has 0 aromatic heterocycles. The van der Waals surface area contributed by atoms with Gasteiger partial charge in [0.05, 0.1) is 19.6 Å². The Hall–Kier alpha value is -2.79. The first-order valence-electron chi connectivity index (χ1n) is 12.3. The Morgan fingerprint density at radius 1 is 1.19 bits per heavy atom. The van der Waals surface area contributed by atoms with Crippen molar-refractivity contribution in [1.82, 2.24) is 15.5 Å². The topological polar surface area (TPSA) is 134 Å². The number of aryl methyl sites for hydroxylation is 1. The quantitative estimate of drug-likeness (QED) is 0.307. The van der Waals surface area contributed by atoms with Crippen LogP contribution in [0.5, 0.6) is 0 Å². The van der Waals surface area contributed by atoms with E-state index in [2.05, 4.69) is 10.6 Å². The molecule has 2 atom stereocenters. The van der Waals surface area contributed by atoms with Crippen LogP contribution in [0.2, 0.25) is 0 Å². The predicted octanol–water partition coefficient (Wildman–Crippen LogP) is 2.57. The third-order valence-corrected chi connectivity index (χ3v) is 5.72. The minimum atomic E-state index is -1.10. The number of esters is 1. The van der Waals surface area contributed by atoms with Gasteiger partial charge in [-0.1, -0.05) is 29.8 Å². The first-order chi connectivity index (χ1) is 17.4. The lowest BCUT2D eigenvalue weighted by molar-refractivity contribution is -0.144. The summed E-state index contributed by atoms with van der Waals surface area (Å²) in [6, 6.07) is 5.06. The molecule has 0 saturated heterocycles. The van der Waals surface area contributed by atoms with Gasteiger partial charge in [0.25, 0.3) is 0 Å². The molecule has 1 aromatic carbocycles. The van der Waals surface area contributed by atoms with E-state index >= 15 is 0 Å². The summed E-state index contributed by atoms with van der Waals surface area (Å²) in [6.07, 6.45) is 1.41. The van der Waals surface area contributed by atoms with Crippen LogP contribution in [0.15, 0.2) is 24.3 Å². The minimum Gasteiger partial charge on any atom is -0.466 e. The number of amides is 3. The average molecular weight is 540 g/mol. The number of nitrogens with zero attached hydrogens (tertiary/aromatic N) is 1. The van der Waals surface area contributed by atoms with E-state index in [0.29, 0.717) is 17.7 Å². The third-order valence-electron chi connectivity index (χ3n) is 5.08. The molecule has 0 fully saturated rings. The van der Waals surface area contributed by atoms with E-state index in [-0.39, 0.29) is 26.1 Å². The number of benzene rings is 1. The van der Waals surface area contributed by atoms with Crippen LogP contribution >= 0.6 is 11.8 Å². The van der Waals surface area contributed by atoms with Crippen molar-refractivity contribution < 1.29 is 33.8 Å². The Morgan fingerprint density at radius 2 is 1.89 bits per heavy atom. The molecule has 0 aliphatic carbocycles. The number of carbonyl (C=O) groups excluding carboxylic acids is 4. The van der Waals surface area contributed by atoms with E-state index in [4.69, 9.17) is 9.47 Å². The molecular weight excluding hydrogens is 498 g/mol. The van der Waals surface area contributed by atoms with Crippen molar-refractivity contribution in [2.75, 3.05) is 38.3 Å². The number of nitrogens with one attached hydrogen (secondary N) is 2. The monoisotopic (exact) mass is 539 g/mol. The molecule has 3 N–H and O–H groups in total. The largest absolute Gasteiger partial charge is 0.466 e. The van der Waals surface area contributed by atoms with E-state index in [1.165, 1.54) is 16.7 Å². The second-order valence-corrected chi connectivity index (χ2v) is 10.4. The molecule has 208 valence electrons. The fourth-order valence-electron chi connectivity index (χ4n) is 3.55. The molecular formula is C26H41N3O7S. The molecule has 11 heteroatoms. The van der Waals surface area contributed by atoms with Gasteiger partial charge >= 0.3 is 12.1 Å². The molecule has 0 heterocycles. The summed E-state index contributed by atoms with van der Waals surface area (Å²) in [6.45, 7) is 8.44. The summed E-state index contributed by atoms with van der Waals surface area (Å²) in [7, 11) is 0. The van der Waals surface area contributed by atoms with Crippen LogP contribution in [0.1, 0.15) is 57.7 Å². The van der Waals surface area contributed by atoms with Gasteiger partial charge in [0.15, 0.2) is 0 Å². The smallest absolute Gasteiger partial charge is 0.408 e. The second-order valence-electron chi connectivity index (χ2n) is 9.40. The van der Waals surface area contributed by atoms with E-state index in [0.717, 1.165) is 5.56 Å². The summed E-state index contributed by atoms with van der Waals surface area (Å²) in [4.78, 5) is 52.7. The minimum absolute atomic E-state index is 0.0210. The van der Waals surface area contributed by atoms with Crippen molar-refractivity contribution in [2.24, 2.45) is 0 Å². The summed E-state index contributed by atoms with van der Waals surface area (Å²) in [5.41, 5.74) is 0.658. The van der Waals surface area contributed by atoms with Gasteiger partial charge in [-0.3, -0.25) is 14.4 Å². The number of carbonyl (C=O) groups is 4. The van der Waals surface area contributed by atoms with E-state index < -0.39 is 48.2 Å². The summed E-state index contributed by atoms with van der Waals surface area (Å²) in [5, 5.41) is 15.2. The number of ether oxygens (including phenoxy) is 2. The molecule has 0 saturated carbocycles. The summed E-state index contributed by atoms with van der Waals surface area (Å²) >= 11 is 1.51. The van der Waals surface area contributed by atoms with Gasteiger partial charge in [0, 0.05) is 13.1 Å². The molecule has 10 nitrogen and oxygen atoms in total. The SMILES string of the molecule is CCOC(=O)CCNC(=O)C(c1cccc(C)c1)N(CCO)C(=O)C(CCSC)NC(=O)OC(C)(C)C. The van der Waals surface area contributed by atoms with Gasteiger partial charge in [-0.05, 0) is 58.6 Å². The van der Waals surface area contributed by atoms with Crippen LogP contribution in [-0.2, 0) is 23.9 Å². The lowest BCUT2D eigenvalue weighted by Crippen LogP contribution is -2.54. The van der Waals surface area contributed by atoms with E-state index in [1.807, 2.05) is 19.2 Å². The summed E-state index contributed by atoms with van der Waals surface area (Å²) < 4.78 is 10.2. The number of rotatable bonds is 14. The maximum Gasteiger partial charge on any atom is 0.408 e. The highest BCUT2D eigenvalue weighted by atomic mass is 32.2. The molecule has 1 aromatic rings. The Balaban J connectivity index is 3.31. The third kappa shape index (κ3) is 11.9. The molecule has 37 heavy (non-hydrogen) atoms. The van der Waals surface area contributed by atoms with Crippen molar-refractivity contribution in [2.45, 2.75) is 65.1 Å². The molecule has 0 bridgehead atoms. The Kier molecular flexibility index (Phi) is 14.1. The number of thioether (sulfide) groups is 1. The van der Waals surface area contributed by atoms with Gasteiger partial charge in [-0.15, -0.1) is 0 Å². The van der Waals surface area contributed by atoms with Gasteiger partial charge in [-0.2, -0.15) is 11.8 Å². The van der Waals surface area contributed by atoms with Gasteiger partial charge < -0.3 is 30.1 Å². The molecule has 0 aliphatic rings. The zero-order chi connectivity index (χ0) is 28.0. The highest BCUT2D eigenvalue weighted by molar-refractivity contribution is 7.98. The van der Waals surface area contributed by atoms with Crippen LogP contribution in [0.25, 0.3) is 0 Å². The lowest BCUT2D eigenvalue weighted by atomic mass is 10.0. The second kappa shape index (κ2) is 16.1. The first-order valence-corrected chi connectivity index (χ1v) is 13.7. The van der Waals surface area contributed by atoms with Gasteiger partial charge in [0.2, 0.25) is 11.8 Å². The van der Waals surface area contributed by atoms with E-state index in [1.54, 1.807) is 45.9 Å². The van der Waals surface area contributed by atoms with Crippen LogP contribution in [-0.4, -0.2) is 83.8 Å². The fraction of sp³-hybridized carbons (Fsp3) is 0.615. The fourth-order valence-corrected chi connectivity index (χ4v) is 4.02. The highest BCUT2D eigenvalue weighted by Gasteiger charge is 2.36. The molecule has 3 amide bonds. The average Bonchev–Trinajstić information content (AvgIpc) is 2.80. The number of hydrogen-bond donors (Lipinski definition) is 3. The molecule has 0 radical (unpaired) electrons. The number of aliphatic hydroxyl groups is 1. The first kappa shape index (κ1) is 32.2. The standard InChI is InChI=1S/C26H41N3O7S/c1-7-35-21(31)11-13-27-23(32)22(19-10-8-9-18(2)17-19)29(14-15-30)24(33)20(12-16-37-6)28-25(34)36-26(3,4)5/h8-10,17,20,22,30H,7,11-16H2,1-6H3,(H,27,32)(H,28,34). The Bertz CT molecular complexity index is 904. The maximum atomic E-state index is 13.8. The number of hydrogen-bond acceptors (Lipinski definition) is 8. The number of aliphatic hydroxyl groups excluding tert-OH is 1. The molecule has 0 spiro atoms. The summed E-state index contributed by atoms with van der Waals surface area (Å²) in [5.74, 6) is -0.921. The zero-order valence-corrected chi connectivity index (χ0v) is 23.5. The van der Waals surface area contributed by atoms with Crippen molar-refractivity contribution in [3.63, 3.8) is 0 Å². The lowest BCUT2D eigenvalue weighted by Gasteiger charge is -2.34. The van der Waals surface area contributed by atoms with Crippen molar-refractivity contribution in [3.05, 3.63) is 35.4 Å². The Morgan fingerprint density at radius 3 is 2.46 bits per heavy atom. The van der Waals surface area contributed by atoms with Crippen LogP contribution in [0.4, 0.5) is 4.79 Å². The highest BCUT2D eigenvalue weighted by Crippen LogP contribution is 2.24. The molecule has 1 rings (SSSR count). The number of alkyl carbamates (subject to hydrolysis) is 1. The molecule has 2 unspecified atom stereocenters. The van der Waals surface area contributed by atoms with Crippen LogP contribution in [0, 0.1) is 6.92 Å². The molecule has 0 aliphatic heterocycles. The van der Waals surface area contributed by atoms with Crippen molar-refractivity contribution >= 4 is 35.6 Å². The van der Waals surface area contributed by atoms with Gasteiger partial charge in [0.1, 0.15) is 17.7 Å². The normalized spacial score (nSPS) is 12.7. The van der Waals surface area contributed by atoms with Crippen molar-refractivity contribution in [1.29, 1.82) is 0 Å². The zero-order valence-electron chi connectivity index (χ0n) is 22.7. The maximum absolute atomic E-state index is 13.8. The van der Waals surface area contributed by atoms with Crippen LogP contribution < -0.4 is 10.6 Å². The Labute approximate surface area is 223 Å². The van der Waals surface area contributed by atoms with Gasteiger partial charge in [-0.25, -0.2) is 4.79 Å². The van der Waals surface area contributed by atoms with E-state index in [9.17, 15) is 24.3 Å².